The van der Waals surface area contributed by atoms with E-state index in [-0.39, 0.29) is 0 Å². The van der Waals surface area contributed by atoms with E-state index in [1.54, 1.807) is 11.3 Å². The molecule has 0 bridgehead atoms. The van der Waals surface area contributed by atoms with Crippen LogP contribution in [0.4, 0.5) is 18.3 Å². The van der Waals surface area contributed by atoms with Crippen LogP contribution in [-0.2, 0) is 6.54 Å². The van der Waals surface area contributed by atoms with Gasteiger partial charge in [0.2, 0.25) is 0 Å². The average molecular weight is 322 g/mol. The largest absolute Gasteiger partial charge is 0.401 e. The van der Waals surface area contributed by atoms with Crippen molar-refractivity contribution < 1.29 is 13.2 Å². The third kappa shape index (κ3) is 5.44. The average Bonchev–Trinajstić information content (AvgIpc) is 2.87. The van der Waals surface area contributed by atoms with Crippen molar-refractivity contribution in [3.63, 3.8) is 0 Å². The van der Waals surface area contributed by atoms with Gasteiger partial charge in [0.15, 0.2) is 5.13 Å². The Hall–Kier alpha value is -0.860. The number of hydrogen-bond donors (Lipinski definition) is 1. The number of hydrogen-bond acceptors (Lipinski definition) is 5. The van der Waals surface area contributed by atoms with Gasteiger partial charge in [0.25, 0.3) is 0 Å². The first-order valence-electron chi connectivity index (χ1n) is 7.17. The molecule has 0 saturated carbocycles. The van der Waals surface area contributed by atoms with Crippen LogP contribution in [0.25, 0.3) is 0 Å². The van der Waals surface area contributed by atoms with Gasteiger partial charge in [-0.3, -0.25) is 4.90 Å². The van der Waals surface area contributed by atoms with E-state index in [1.807, 2.05) is 5.38 Å². The fraction of sp³-hybridized carbons (Fsp3) is 0.769. The molecule has 0 aliphatic carbocycles. The van der Waals surface area contributed by atoms with Crippen LogP contribution < -0.4 is 10.2 Å². The molecule has 8 heteroatoms. The third-order valence-electron chi connectivity index (χ3n) is 3.32. The van der Waals surface area contributed by atoms with Gasteiger partial charge in [-0.05, 0) is 13.0 Å². The molecule has 2 rings (SSSR count). The van der Waals surface area contributed by atoms with E-state index in [9.17, 15) is 13.2 Å². The lowest BCUT2D eigenvalue weighted by atomic mass is 10.3. The molecule has 0 unspecified atom stereocenters. The Morgan fingerprint density at radius 1 is 1.29 bits per heavy atom. The number of aromatic nitrogens is 1. The van der Waals surface area contributed by atoms with Crippen molar-refractivity contribution in [2.24, 2.45) is 0 Å². The summed E-state index contributed by atoms with van der Waals surface area (Å²) < 4.78 is 37.0. The summed E-state index contributed by atoms with van der Waals surface area (Å²) in [6.07, 6.45) is -3.03. The molecule has 1 fully saturated rings. The molecule has 2 heterocycles. The molecule has 1 N–H and O–H groups in total. The minimum absolute atomic E-state index is 0.433. The predicted molar refractivity (Wildman–Crippen MR) is 78.8 cm³/mol. The Kier molecular flexibility index (Phi) is 5.83. The molecule has 0 atom stereocenters. The minimum Gasteiger partial charge on any atom is -0.346 e. The van der Waals surface area contributed by atoms with Crippen LogP contribution in [0, 0.1) is 0 Å². The highest BCUT2D eigenvalue weighted by Gasteiger charge is 2.32. The van der Waals surface area contributed by atoms with Gasteiger partial charge in [0.1, 0.15) is 0 Å². The highest BCUT2D eigenvalue weighted by molar-refractivity contribution is 7.13. The first-order valence-corrected chi connectivity index (χ1v) is 8.05. The zero-order valence-corrected chi connectivity index (χ0v) is 12.9. The van der Waals surface area contributed by atoms with Crippen molar-refractivity contribution in [3.8, 4) is 0 Å². The smallest absolute Gasteiger partial charge is 0.346 e. The molecular weight excluding hydrogens is 301 g/mol. The second-order valence-electron chi connectivity index (χ2n) is 5.18. The van der Waals surface area contributed by atoms with Crippen LogP contribution in [0.2, 0.25) is 0 Å². The molecular formula is C13H21F3N4S. The van der Waals surface area contributed by atoms with Gasteiger partial charge >= 0.3 is 6.18 Å². The van der Waals surface area contributed by atoms with E-state index >= 15 is 0 Å². The van der Waals surface area contributed by atoms with E-state index in [0.717, 1.165) is 30.3 Å². The van der Waals surface area contributed by atoms with Gasteiger partial charge in [-0.15, -0.1) is 11.3 Å². The second kappa shape index (κ2) is 7.42. The van der Waals surface area contributed by atoms with E-state index in [1.165, 1.54) is 4.90 Å². The normalized spacial score (nSPS) is 17.4. The summed E-state index contributed by atoms with van der Waals surface area (Å²) in [6, 6.07) is 0. The standard InChI is InChI=1S/C13H21F3N4S/c1-2-3-17-8-11-9-21-12(18-11)20-6-4-19(5-7-20)10-13(14,15)16/h9,17H,2-8,10H2,1H3. The first kappa shape index (κ1) is 16.5. The first-order chi connectivity index (χ1) is 9.98. The van der Waals surface area contributed by atoms with Crippen LogP contribution in [-0.4, -0.2) is 55.3 Å². The van der Waals surface area contributed by atoms with Gasteiger partial charge in [-0.1, -0.05) is 6.92 Å². The number of nitrogens with zero attached hydrogens (tertiary/aromatic N) is 3. The van der Waals surface area contributed by atoms with Crippen molar-refractivity contribution >= 4 is 16.5 Å². The molecule has 0 radical (unpaired) electrons. The fourth-order valence-corrected chi connectivity index (χ4v) is 3.15. The zero-order valence-electron chi connectivity index (χ0n) is 12.1. The predicted octanol–water partition coefficient (Wildman–Crippen LogP) is 2.33. The summed E-state index contributed by atoms with van der Waals surface area (Å²) in [5.41, 5.74) is 1.00. The Morgan fingerprint density at radius 2 is 2.00 bits per heavy atom. The molecule has 0 amide bonds. The van der Waals surface area contributed by atoms with Crippen LogP contribution >= 0.6 is 11.3 Å². The zero-order chi connectivity index (χ0) is 15.3. The number of thiazole rings is 1. The van der Waals surface area contributed by atoms with E-state index in [0.29, 0.717) is 26.2 Å². The van der Waals surface area contributed by atoms with Gasteiger partial charge in [-0.2, -0.15) is 13.2 Å². The number of anilines is 1. The third-order valence-corrected chi connectivity index (χ3v) is 4.27. The van der Waals surface area contributed by atoms with Crippen LogP contribution in [0.3, 0.4) is 0 Å². The number of halogens is 3. The molecule has 1 saturated heterocycles. The second-order valence-corrected chi connectivity index (χ2v) is 6.01. The fourth-order valence-electron chi connectivity index (χ4n) is 2.27. The lowest BCUT2D eigenvalue weighted by Gasteiger charge is -2.34. The Bertz CT molecular complexity index is 427. The lowest BCUT2D eigenvalue weighted by molar-refractivity contribution is -0.146. The van der Waals surface area contributed by atoms with Crippen LogP contribution in [0.15, 0.2) is 5.38 Å². The van der Waals surface area contributed by atoms with Gasteiger partial charge < -0.3 is 10.2 Å². The highest BCUT2D eigenvalue weighted by Crippen LogP contribution is 2.23. The molecule has 1 aliphatic heterocycles. The lowest BCUT2D eigenvalue weighted by Crippen LogP contribution is -2.49. The van der Waals surface area contributed by atoms with Gasteiger partial charge in [0.05, 0.1) is 12.2 Å². The number of alkyl halides is 3. The highest BCUT2D eigenvalue weighted by atomic mass is 32.1. The van der Waals surface area contributed by atoms with E-state index in [2.05, 4.69) is 22.1 Å². The summed E-state index contributed by atoms with van der Waals surface area (Å²) in [6.45, 7) is 5.08. The molecule has 1 aliphatic rings. The maximum absolute atomic E-state index is 12.3. The molecule has 0 aromatic carbocycles. The van der Waals surface area contributed by atoms with Crippen molar-refractivity contribution in [3.05, 3.63) is 11.1 Å². The van der Waals surface area contributed by atoms with E-state index in [4.69, 9.17) is 0 Å². The number of rotatable bonds is 6. The van der Waals surface area contributed by atoms with Crippen molar-refractivity contribution in [2.75, 3.05) is 44.2 Å². The van der Waals surface area contributed by atoms with Crippen molar-refractivity contribution in [2.45, 2.75) is 26.1 Å². The van der Waals surface area contributed by atoms with Crippen LogP contribution in [0.1, 0.15) is 19.0 Å². The van der Waals surface area contributed by atoms with Gasteiger partial charge in [0, 0.05) is 38.1 Å². The maximum Gasteiger partial charge on any atom is 0.401 e. The summed E-state index contributed by atoms with van der Waals surface area (Å²) in [4.78, 5) is 8.07. The monoisotopic (exact) mass is 322 g/mol. The van der Waals surface area contributed by atoms with Crippen LogP contribution in [0.5, 0.6) is 0 Å². The topological polar surface area (TPSA) is 31.4 Å². The Balaban J connectivity index is 1.79. The number of nitrogens with one attached hydrogen (secondary N) is 1. The quantitative estimate of drug-likeness (QED) is 0.815. The molecule has 21 heavy (non-hydrogen) atoms. The van der Waals surface area contributed by atoms with E-state index < -0.39 is 12.7 Å². The van der Waals surface area contributed by atoms with Crippen molar-refractivity contribution in [1.82, 2.24) is 15.2 Å². The Labute approximate surface area is 127 Å². The minimum atomic E-state index is -4.11. The summed E-state index contributed by atoms with van der Waals surface area (Å²) in [5, 5.41) is 6.22. The molecule has 1 aromatic heterocycles. The molecule has 0 spiro atoms. The van der Waals surface area contributed by atoms with Gasteiger partial charge in [-0.25, -0.2) is 4.98 Å². The summed E-state index contributed by atoms with van der Waals surface area (Å²) >= 11 is 1.56. The van der Waals surface area contributed by atoms with Crippen molar-refractivity contribution in [1.29, 1.82) is 0 Å². The molecule has 120 valence electrons. The number of piperazine rings is 1. The summed E-state index contributed by atoms with van der Waals surface area (Å²) in [5.74, 6) is 0. The maximum atomic E-state index is 12.3. The molecule has 1 aromatic rings. The molecule has 4 nitrogen and oxygen atoms in total. The Morgan fingerprint density at radius 3 is 2.62 bits per heavy atom. The SMILES string of the molecule is CCCNCc1csc(N2CCN(CC(F)(F)F)CC2)n1. The summed E-state index contributed by atoms with van der Waals surface area (Å²) in [7, 11) is 0.